The molecule has 0 spiro atoms. The molecule has 112 valence electrons. The van der Waals surface area contributed by atoms with Crippen LogP contribution < -0.4 is 5.32 Å². The van der Waals surface area contributed by atoms with E-state index in [-0.39, 0.29) is 11.4 Å². The fourth-order valence-corrected chi connectivity index (χ4v) is 3.42. The van der Waals surface area contributed by atoms with Crippen LogP contribution in [0.1, 0.15) is 37.7 Å². The van der Waals surface area contributed by atoms with Crippen LogP contribution in [0.3, 0.4) is 0 Å². The van der Waals surface area contributed by atoms with Gasteiger partial charge in [-0.3, -0.25) is 0 Å². The smallest absolute Gasteiger partial charge is 0.128 e. The summed E-state index contributed by atoms with van der Waals surface area (Å²) in [4.78, 5) is 2.34. The van der Waals surface area contributed by atoms with E-state index in [1.54, 1.807) is 0 Å². The normalized spacial score (nSPS) is 18.4. The number of likely N-dealkylation sites (N-methyl/N-ethyl adjacent to an activating group) is 1. The summed E-state index contributed by atoms with van der Waals surface area (Å²) in [7, 11) is 4.32. The molecule has 1 aromatic carbocycles. The molecular weight excluding hydrogens is 319 g/mol. The number of benzene rings is 1. The summed E-state index contributed by atoms with van der Waals surface area (Å²) < 4.78 is 14.6. The fraction of sp³-hybridized carbons (Fsp3) is 0.625. The first-order chi connectivity index (χ1) is 9.53. The summed E-state index contributed by atoms with van der Waals surface area (Å²) in [6.07, 6.45) is 6.40. The Morgan fingerprint density at radius 3 is 2.55 bits per heavy atom. The highest BCUT2D eigenvalue weighted by atomic mass is 79.9. The van der Waals surface area contributed by atoms with Gasteiger partial charge in [0.2, 0.25) is 0 Å². The first kappa shape index (κ1) is 15.9. The van der Waals surface area contributed by atoms with Crippen molar-refractivity contribution in [2.75, 3.05) is 20.6 Å². The maximum absolute atomic E-state index is 13.8. The third-order valence-electron chi connectivity index (χ3n) is 4.52. The van der Waals surface area contributed by atoms with Crippen molar-refractivity contribution in [3.05, 3.63) is 34.1 Å². The highest BCUT2D eigenvalue weighted by molar-refractivity contribution is 9.10. The number of nitrogens with one attached hydrogen (secondary N) is 1. The van der Waals surface area contributed by atoms with Crippen LogP contribution in [0.2, 0.25) is 0 Å². The molecule has 0 saturated heterocycles. The molecular formula is C16H24BrFN2. The predicted molar refractivity (Wildman–Crippen MR) is 85.3 cm³/mol. The standard InChI is InChI=1S/C16H24BrFN2/c1-20(2)16(8-4-3-5-9-16)12-19-11-13-6-7-14(17)10-15(13)18/h6-7,10,19H,3-5,8-9,11-12H2,1-2H3. The van der Waals surface area contributed by atoms with Crippen LogP contribution in [0.15, 0.2) is 22.7 Å². The molecule has 1 fully saturated rings. The van der Waals surface area contributed by atoms with E-state index in [2.05, 4.69) is 40.2 Å². The van der Waals surface area contributed by atoms with Crippen molar-refractivity contribution in [1.82, 2.24) is 10.2 Å². The highest BCUT2D eigenvalue weighted by Crippen LogP contribution is 2.31. The lowest BCUT2D eigenvalue weighted by molar-refractivity contribution is 0.0983. The van der Waals surface area contributed by atoms with Crippen LogP contribution in [-0.4, -0.2) is 31.1 Å². The van der Waals surface area contributed by atoms with Crippen LogP contribution in [0, 0.1) is 5.82 Å². The lowest BCUT2D eigenvalue weighted by Gasteiger charge is -2.43. The molecule has 0 unspecified atom stereocenters. The van der Waals surface area contributed by atoms with E-state index < -0.39 is 0 Å². The van der Waals surface area contributed by atoms with Gasteiger partial charge in [-0.05, 0) is 39.1 Å². The molecule has 0 amide bonds. The van der Waals surface area contributed by atoms with Crippen molar-refractivity contribution in [2.24, 2.45) is 0 Å². The first-order valence-corrected chi connectivity index (χ1v) is 8.15. The molecule has 2 nitrogen and oxygen atoms in total. The molecule has 20 heavy (non-hydrogen) atoms. The highest BCUT2D eigenvalue weighted by Gasteiger charge is 2.33. The number of nitrogens with zero attached hydrogens (tertiary/aromatic N) is 1. The summed E-state index contributed by atoms with van der Waals surface area (Å²) in [6, 6.07) is 5.26. The first-order valence-electron chi connectivity index (χ1n) is 7.36. The topological polar surface area (TPSA) is 15.3 Å². The van der Waals surface area contributed by atoms with Gasteiger partial charge in [0.25, 0.3) is 0 Å². The number of rotatable bonds is 5. The van der Waals surface area contributed by atoms with Crippen LogP contribution in [0.5, 0.6) is 0 Å². The molecule has 1 aliphatic rings. The molecule has 0 heterocycles. The lowest BCUT2D eigenvalue weighted by atomic mass is 9.80. The molecule has 1 aromatic rings. The lowest BCUT2D eigenvalue weighted by Crippen LogP contribution is -2.52. The molecule has 2 rings (SSSR count). The van der Waals surface area contributed by atoms with Crippen molar-refractivity contribution in [1.29, 1.82) is 0 Å². The minimum absolute atomic E-state index is 0.144. The molecule has 0 atom stereocenters. The summed E-state index contributed by atoms with van der Waals surface area (Å²) in [5.41, 5.74) is 0.974. The van der Waals surface area contributed by atoms with E-state index in [1.165, 1.54) is 38.2 Å². The van der Waals surface area contributed by atoms with E-state index in [0.29, 0.717) is 6.54 Å². The Bertz CT molecular complexity index is 442. The molecule has 0 bridgehead atoms. The van der Waals surface area contributed by atoms with Gasteiger partial charge in [0, 0.05) is 28.7 Å². The maximum Gasteiger partial charge on any atom is 0.128 e. The number of hydrogen-bond donors (Lipinski definition) is 1. The van der Waals surface area contributed by atoms with Gasteiger partial charge in [0.05, 0.1) is 0 Å². The van der Waals surface area contributed by atoms with Crippen molar-refractivity contribution in [3.63, 3.8) is 0 Å². The van der Waals surface area contributed by atoms with E-state index in [0.717, 1.165) is 16.6 Å². The Labute approximate surface area is 129 Å². The molecule has 4 heteroatoms. The average Bonchev–Trinajstić information content (AvgIpc) is 2.42. The van der Waals surface area contributed by atoms with Crippen molar-refractivity contribution in [3.8, 4) is 0 Å². The summed E-state index contributed by atoms with van der Waals surface area (Å²) in [6.45, 7) is 1.52. The second-order valence-corrected chi connectivity index (χ2v) is 6.93. The summed E-state index contributed by atoms with van der Waals surface area (Å²) >= 11 is 3.29. The molecule has 1 saturated carbocycles. The SMILES string of the molecule is CN(C)C1(CNCc2ccc(Br)cc2F)CCCCC1. The fourth-order valence-electron chi connectivity index (χ4n) is 3.09. The number of halogens is 2. The Hall–Kier alpha value is -0.450. The minimum atomic E-state index is -0.144. The zero-order valence-corrected chi connectivity index (χ0v) is 14.0. The Kier molecular flexibility index (Phi) is 5.58. The van der Waals surface area contributed by atoms with Crippen LogP contribution >= 0.6 is 15.9 Å². The van der Waals surface area contributed by atoms with E-state index in [4.69, 9.17) is 0 Å². The molecule has 0 aliphatic heterocycles. The van der Waals surface area contributed by atoms with Gasteiger partial charge in [0.1, 0.15) is 5.82 Å². The Balaban J connectivity index is 1.93. The van der Waals surface area contributed by atoms with Gasteiger partial charge >= 0.3 is 0 Å². The average molecular weight is 343 g/mol. The zero-order valence-electron chi connectivity index (χ0n) is 12.4. The summed E-state index contributed by atoms with van der Waals surface area (Å²) in [5, 5.41) is 3.46. The third-order valence-corrected chi connectivity index (χ3v) is 5.01. The predicted octanol–water partition coefficient (Wildman–Crippen LogP) is 3.94. The Morgan fingerprint density at radius 1 is 1.25 bits per heavy atom. The monoisotopic (exact) mass is 342 g/mol. The van der Waals surface area contributed by atoms with Gasteiger partial charge in [-0.1, -0.05) is 41.3 Å². The van der Waals surface area contributed by atoms with Crippen LogP contribution in [0.4, 0.5) is 4.39 Å². The number of hydrogen-bond acceptors (Lipinski definition) is 2. The van der Waals surface area contributed by atoms with Crippen molar-refractivity contribution >= 4 is 15.9 Å². The molecule has 1 N–H and O–H groups in total. The van der Waals surface area contributed by atoms with E-state index in [9.17, 15) is 4.39 Å². The van der Waals surface area contributed by atoms with Crippen molar-refractivity contribution in [2.45, 2.75) is 44.2 Å². The summed E-state index contributed by atoms with van der Waals surface area (Å²) in [5.74, 6) is -0.144. The Morgan fingerprint density at radius 2 is 1.95 bits per heavy atom. The van der Waals surface area contributed by atoms with Crippen LogP contribution in [-0.2, 0) is 6.54 Å². The van der Waals surface area contributed by atoms with Crippen molar-refractivity contribution < 1.29 is 4.39 Å². The largest absolute Gasteiger partial charge is 0.311 e. The van der Waals surface area contributed by atoms with E-state index >= 15 is 0 Å². The maximum atomic E-state index is 13.8. The van der Waals surface area contributed by atoms with E-state index in [1.807, 2.05) is 12.1 Å². The third kappa shape index (κ3) is 3.80. The quantitative estimate of drug-likeness (QED) is 0.871. The second-order valence-electron chi connectivity index (χ2n) is 6.02. The van der Waals surface area contributed by atoms with Gasteiger partial charge in [-0.2, -0.15) is 0 Å². The van der Waals surface area contributed by atoms with Gasteiger partial charge in [-0.25, -0.2) is 4.39 Å². The van der Waals surface area contributed by atoms with Gasteiger partial charge in [-0.15, -0.1) is 0 Å². The molecule has 1 aliphatic carbocycles. The van der Waals surface area contributed by atoms with Crippen LogP contribution in [0.25, 0.3) is 0 Å². The van der Waals surface area contributed by atoms with Gasteiger partial charge in [0.15, 0.2) is 0 Å². The minimum Gasteiger partial charge on any atom is -0.311 e. The molecule has 0 radical (unpaired) electrons. The zero-order chi connectivity index (χ0) is 14.6. The molecule has 0 aromatic heterocycles. The van der Waals surface area contributed by atoms with Gasteiger partial charge < -0.3 is 10.2 Å². The second kappa shape index (κ2) is 7.01.